The fourth-order valence-electron chi connectivity index (χ4n) is 4.72. The van der Waals surface area contributed by atoms with Crippen molar-refractivity contribution in [2.45, 2.75) is 50.7 Å². The van der Waals surface area contributed by atoms with E-state index in [0.717, 1.165) is 25.4 Å². The minimum atomic E-state index is -0.168. The first-order valence-corrected chi connectivity index (χ1v) is 8.95. The van der Waals surface area contributed by atoms with E-state index in [1.807, 2.05) is 0 Å². The van der Waals surface area contributed by atoms with Gasteiger partial charge in [0.25, 0.3) is 0 Å². The number of benzene rings is 1. The van der Waals surface area contributed by atoms with Crippen LogP contribution in [0.1, 0.15) is 50.7 Å². The predicted octanol–water partition coefficient (Wildman–Crippen LogP) is 3.28. The van der Waals surface area contributed by atoms with Gasteiger partial charge in [-0.2, -0.15) is 0 Å². The monoisotopic (exact) mass is 312 g/mol. The number of hydrogen-bond donors (Lipinski definition) is 2. The lowest BCUT2D eigenvalue weighted by molar-refractivity contribution is 0.0286. The zero-order valence-electron chi connectivity index (χ0n) is 14.5. The molecular formula is C20H28N2O. The van der Waals surface area contributed by atoms with Crippen LogP contribution in [0.5, 0.6) is 0 Å². The van der Waals surface area contributed by atoms with Gasteiger partial charge < -0.3 is 15.4 Å². The molecule has 3 atom stereocenters. The summed E-state index contributed by atoms with van der Waals surface area (Å²) in [5.74, 6) is 2.14. The number of nitrogens with one attached hydrogen (secondary N) is 2. The van der Waals surface area contributed by atoms with Crippen LogP contribution in [0.4, 0.5) is 0 Å². The van der Waals surface area contributed by atoms with Crippen molar-refractivity contribution >= 4 is 6.08 Å². The molecule has 23 heavy (non-hydrogen) atoms. The van der Waals surface area contributed by atoms with Crippen LogP contribution in [0.2, 0.25) is 0 Å². The number of ether oxygens (including phenoxy) is 1. The summed E-state index contributed by atoms with van der Waals surface area (Å²) in [5.41, 5.74) is 2.68. The van der Waals surface area contributed by atoms with Crippen molar-refractivity contribution < 1.29 is 4.74 Å². The zero-order chi connectivity index (χ0) is 16.1. The first-order valence-electron chi connectivity index (χ1n) is 8.95. The number of rotatable bonds is 2. The van der Waals surface area contributed by atoms with Gasteiger partial charge in [-0.3, -0.25) is 0 Å². The SMILES string of the molecule is CC(C)(C)OC1=Cc2ccccc2C1C12CNCC1CCCN2. The van der Waals surface area contributed by atoms with Gasteiger partial charge in [0.2, 0.25) is 0 Å². The Morgan fingerprint density at radius 1 is 1.22 bits per heavy atom. The van der Waals surface area contributed by atoms with E-state index in [-0.39, 0.29) is 11.1 Å². The second-order valence-corrected chi connectivity index (χ2v) is 8.26. The lowest BCUT2D eigenvalue weighted by atomic mass is 9.69. The lowest BCUT2D eigenvalue weighted by Gasteiger charge is -2.46. The summed E-state index contributed by atoms with van der Waals surface area (Å²) in [4.78, 5) is 0. The summed E-state index contributed by atoms with van der Waals surface area (Å²) in [7, 11) is 0. The fraction of sp³-hybridized carbons (Fsp3) is 0.600. The van der Waals surface area contributed by atoms with Gasteiger partial charge in [0.1, 0.15) is 11.4 Å². The van der Waals surface area contributed by atoms with E-state index in [4.69, 9.17) is 4.74 Å². The van der Waals surface area contributed by atoms with E-state index in [1.165, 1.54) is 24.0 Å². The van der Waals surface area contributed by atoms with Crippen LogP contribution in [-0.4, -0.2) is 30.8 Å². The van der Waals surface area contributed by atoms with Gasteiger partial charge in [0, 0.05) is 12.1 Å². The Kier molecular flexibility index (Phi) is 3.54. The molecule has 0 bridgehead atoms. The minimum absolute atomic E-state index is 0.0991. The summed E-state index contributed by atoms with van der Waals surface area (Å²) in [5, 5.41) is 7.56. The fourth-order valence-corrected chi connectivity index (χ4v) is 4.72. The van der Waals surface area contributed by atoms with E-state index < -0.39 is 0 Å². The molecule has 1 aromatic carbocycles. The van der Waals surface area contributed by atoms with Gasteiger partial charge in [-0.15, -0.1) is 0 Å². The number of hydrogen-bond acceptors (Lipinski definition) is 3. The van der Waals surface area contributed by atoms with Crippen LogP contribution in [0, 0.1) is 5.92 Å². The molecule has 1 aromatic rings. The summed E-state index contributed by atoms with van der Waals surface area (Å²) < 4.78 is 6.44. The van der Waals surface area contributed by atoms with Crippen molar-refractivity contribution in [1.82, 2.24) is 10.6 Å². The molecule has 0 saturated carbocycles. The average Bonchev–Trinajstić information content (AvgIpc) is 3.06. The van der Waals surface area contributed by atoms with E-state index in [9.17, 15) is 0 Å². The highest BCUT2D eigenvalue weighted by Crippen LogP contribution is 2.50. The summed E-state index contributed by atoms with van der Waals surface area (Å²) in [6.45, 7) is 9.69. The summed E-state index contributed by atoms with van der Waals surface area (Å²) >= 11 is 0. The molecule has 3 unspecified atom stereocenters. The molecule has 2 aliphatic heterocycles. The second kappa shape index (κ2) is 5.35. The van der Waals surface area contributed by atoms with E-state index >= 15 is 0 Å². The van der Waals surface area contributed by atoms with Crippen molar-refractivity contribution in [2.24, 2.45) is 5.92 Å². The van der Waals surface area contributed by atoms with Gasteiger partial charge in [-0.05, 0) is 69.8 Å². The van der Waals surface area contributed by atoms with E-state index in [0.29, 0.717) is 11.8 Å². The maximum Gasteiger partial charge on any atom is 0.107 e. The Labute approximate surface area is 139 Å². The molecule has 4 rings (SSSR count). The maximum atomic E-state index is 6.44. The lowest BCUT2D eigenvalue weighted by Crippen LogP contribution is -2.59. The largest absolute Gasteiger partial charge is 0.492 e. The van der Waals surface area contributed by atoms with Crippen molar-refractivity contribution in [3.05, 3.63) is 41.2 Å². The molecule has 3 aliphatic rings. The topological polar surface area (TPSA) is 33.3 Å². The quantitative estimate of drug-likeness (QED) is 0.879. The average molecular weight is 312 g/mol. The third-order valence-electron chi connectivity index (χ3n) is 5.55. The van der Waals surface area contributed by atoms with Crippen LogP contribution in [0.25, 0.3) is 6.08 Å². The molecule has 0 radical (unpaired) electrons. The molecule has 1 aliphatic carbocycles. The third kappa shape index (κ3) is 2.50. The Morgan fingerprint density at radius 3 is 2.87 bits per heavy atom. The van der Waals surface area contributed by atoms with Crippen molar-refractivity contribution in [1.29, 1.82) is 0 Å². The highest BCUT2D eigenvalue weighted by molar-refractivity contribution is 5.66. The van der Waals surface area contributed by atoms with Gasteiger partial charge in [0.15, 0.2) is 0 Å². The molecule has 0 aromatic heterocycles. The van der Waals surface area contributed by atoms with Crippen LogP contribution < -0.4 is 10.6 Å². The molecule has 2 fully saturated rings. The van der Waals surface area contributed by atoms with Gasteiger partial charge in [-0.25, -0.2) is 0 Å². The first kappa shape index (κ1) is 15.2. The predicted molar refractivity (Wildman–Crippen MR) is 94.3 cm³/mol. The van der Waals surface area contributed by atoms with Crippen molar-refractivity contribution in [2.75, 3.05) is 19.6 Å². The smallest absolute Gasteiger partial charge is 0.107 e. The second-order valence-electron chi connectivity index (χ2n) is 8.26. The summed E-state index contributed by atoms with van der Waals surface area (Å²) in [6, 6.07) is 8.80. The first-order chi connectivity index (χ1) is 11.0. The Morgan fingerprint density at radius 2 is 2.04 bits per heavy atom. The molecule has 0 spiro atoms. The molecule has 2 saturated heterocycles. The van der Waals surface area contributed by atoms with E-state index in [1.54, 1.807) is 0 Å². The zero-order valence-corrected chi connectivity index (χ0v) is 14.5. The maximum absolute atomic E-state index is 6.44. The molecule has 0 amide bonds. The minimum Gasteiger partial charge on any atom is -0.492 e. The molecule has 2 heterocycles. The van der Waals surface area contributed by atoms with Gasteiger partial charge >= 0.3 is 0 Å². The molecular weight excluding hydrogens is 284 g/mol. The Hall–Kier alpha value is -1.32. The molecule has 3 heteroatoms. The normalized spacial score (nSPS) is 33.1. The van der Waals surface area contributed by atoms with Crippen LogP contribution in [-0.2, 0) is 4.74 Å². The van der Waals surface area contributed by atoms with Crippen LogP contribution >= 0.6 is 0 Å². The van der Waals surface area contributed by atoms with Crippen LogP contribution in [0.3, 0.4) is 0 Å². The van der Waals surface area contributed by atoms with Crippen molar-refractivity contribution in [3.63, 3.8) is 0 Å². The van der Waals surface area contributed by atoms with Gasteiger partial charge in [0.05, 0.1) is 5.92 Å². The Balaban J connectivity index is 1.78. The van der Waals surface area contributed by atoms with Crippen LogP contribution in [0.15, 0.2) is 30.0 Å². The molecule has 3 nitrogen and oxygen atoms in total. The molecule has 124 valence electrons. The Bertz CT molecular complexity index is 631. The summed E-state index contributed by atoms with van der Waals surface area (Å²) in [6.07, 6.45) is 4.86. The highest BCUT2D eigenvalue weighted by Gasteiger charge is 2.53. The third-order valence-corrected chi connectivity index (χ3v) is 5.55. The number of piperidine rings is 1. The molecule has 2 N–H and O–H groups in total. The standard InChI is InChI=1S/C20H28N2O/c1-19(2,3)23-17-11-14-7-4-5-9-16(14)18(17)20-13-21-12-15(20)8-6-10-22-20/h4-5,7,9,11,15,18,21-22H,6,8,10,12-13H2,1-3H3. The van der Waals surface area contributed by atoms with Crippen molar-refractivity contribution in [3.8, 4) is 0 Å². The number of fused-ring (bicyclic) bond motifs is 2. The van der Waals surface area contributed by atoms with Gasteiger partial charge in [-0.1, -0.05) is 24.3 Å². The highest BCUT2D eigenvalue weighted by atomic mass is 16.5. The van der Waals surface area contributed by atoms with E-state index in [2.05, 4.69) is 61.7 Å².